The summed E-state index contributed by atoms with van der Waals surface area (Å²) >= 11 is 0. The van der Waals surface area contributed by atoms with Gasteiger partial charge in [0.05, 0.1) is 0 Å². The molecule has 0 aliphatic carbocycles. The van der Waals surface area contributed by atoms with Crippen molar-refractivity contribution in [2.24, 2.45) is 0 Å². The van der Waals surface area contributed by atoms with E-state index in [4.69, 9.17) is 0 Å². The normalized spacial score (nSPS) is 10.0. The summed E-state index contributed by atoms with van der Waals surface area (Å²) in [6.07, 6.45) is 1.78. The van der Waals surface area contributed by atoms with E-state index in [1.807, 2.05) is 48.5 Å². The van der Waals surface area contributed by atoms with E-state index in [9.17, 15) is 4.79 Å². The highest BCUT2D eigenvalue weighted by Crippen LogP contribution is 2.16. The molecule has 0 spiro atoms. The standard InChI is InChI=1S/C18H19NO/c1-15(16-10-4-2-5-11-16)9-8-14-19-18(20)17-12-6-3-7-13-17/h2-7,10-13H,1,8-9,14H2,(H,19,20). The summed E-state index contributed by atoms with van der Waals surface area (Å²) in [5.74, 6) is -0.0177. The van der Waals surface area contributed by atoms with E-state index in [1.165, 1.54) is 5.56 Å². The van der Waals surface area contributed by atoms with Gasteiger partial charge in [-0.15, -0.1) is 0 Å². The lowest BCUT2D eigenvalue weighted by atomic mass is 10.0. The first kappa shape index (κ1) is 14.1. The molecule has 0 aromatic heterocycles. The molecular formula is C18H19NO. The molecule has 2 rings (SSSR count). The second-order valence-corrected chi connectivity index (χ2v) is 4.70. The largest absolute Gasteiger partial charge is 0.352 e. The predicted octanol–water partition coefficient (Wildman–Crippen LogP) is 3.91. The summed E-state index contributed by atoms with van der Waals surface area (Å²) in [7, 11) is 0. The van der Waals surface area contributed by atoms with Crippen LogP contribution in [0.5, 0.6) is 0 Å². The zero-order valence-corrected chi connectivity index (χ0v) is 11.5. The Morgan fingerprint density at radius 3 is 2.05 bits per heavy atom. The molecule has 102 valence electrons. The Morgan fingerprint density at radius 2 is 1.45 bits per heavy atom. The molecule has 1 N–H and O–H groups in total. The first-order chi connectivity index (χ1) is 9.77. The van der Waals surface area contributed by atoms with Crippen LogP contribution in [0.1, 0.15) is 28.8 Å². The molecule has 0 saturated heterocycles. The van der Waals surface area contributed by atoms with Gasteiger partial charge in [0.25, 0.3) is 5.91 Å². The van der Waals surface area contributed by atoms with Gasteiger partial charge in [0.2, 0.25) is 0 Å². The highest BCUT2D eigenvalue weighted by molar-refractivity contribution is 5.94. The molecule has 2 aromatic rings. The Hall–Kier alpha value is -2.35. The Morgan fingerprint density at radius 1 is 0.900 bits per heavy atom. The van der Waals surface area contributed by atoms with Crippen LogP contribution in [-0.2, 0) is 0 Å². The quantitative estimate of drug-likeness (QED) is 0.788. The van der Waals surface area contributed by atoms with Gasteiger partial charge in [0, 0.05) is 12.1 Å². The third kappa shape index (κ3) is 4.09. The van der Waals surface area contributed by atoms with Crippen LogP contribution in [0, 0.1) is 0 Å². The maximum Gasteiger partial charge on any atom is 0.251 e. The van der Waals surface area contributed by atoms with Gasteiger partial charge in [0.1, 0.15) is 0 Å². The summed E-state index contributed by atoms with van der Waals surface area (Å²) in [5, 5.41) is 2.93. The molecule has 2 aromatic carbocycles. The topological polar surface area (TPSA) is 29.1 Å². The van der Waals surface area contributed by atoms with Crippen LogP contribution in [-0.4, -0.2) is 12.5 Å². The highest BCUT2D eigenvalue weighted by atomic mass is 16.1. The number of carbonyl (C=O) groups excluding carboxylic acids is 1. The van der Waals surface area contributed by atoms with Gasteiger partial charge in [-0.25, -0.2) is 0 Å². The fourth-order valence-corrected chi connectivity index (χ4v) is 2.01. The zero-order valence-electron chi connectivity index (χ0n) is 11.5. The van der Waals surface area contributed by atoms with E-state index in [0.29, 0.717) is 12.1 Å². The summed E-state index contributed by atoms with van der Waals surface area (Å²) in [5.41, 5.74) is 2.98. The number of nitrogens with one attached hydrogen (secondary N) is 1. The van der Waals surface area contributed by atoms with E-state index in [-0.39, 0.29) is 5.91 Å². The van der Waals surface area contributed by atoms with Gasteiger partial charge in [-0.2, -0.15) is 0 Å². The van der Waals surface area contributed by atoms with Crippen molar-refractivity contribution >= 4 is 11.5 Å². The summed E-state index contributed by atoms with van der Waals surface area (Å²) < 4.78 is 0. The lowest BCUT2D eigenvalue weighted by Gasteiger charge is -2.07. The van der Waals surface area contributed by atoms with E-state index < -0.39 is 0 Å². The number of carbonyl (C=O) groups is 1. The number of allylic oxidation sites excluding steroid dienone is 1. The van der Waals surface area contributed by atoms with Crippen molar-refractivity contribution in [2.75, 3.05) is 6.54 Å². The molecular weight excluding hydrogens is 246 g/mol. The van der Waals surface area contributed by atoms with Crippen molar-refractivity contribution < 1.29 is 4.79 Å². The molecule has 0 aliphatic heterocycles. The molecule has 2 heteroatoms. The van der Waals surface area contributed by atoms with Crippen LogP contribution in [0.3, 0.4) is 0 Å². The Bertz CT molecular complexity index is 507. The van der Waals surface area contributed by atoms with Gasteiger partial charge in [-0.3, -0.25) is 4.79 Å². The van der Waals surface area contributed by atoms with E-state index in [2.05, 4.69) is 24.0 Å². The molecule has 20 heavy (non-hydrogen) atoms. The smallest absolute Gasteiger partial charge is 0.251 e. The number of hydrogen-bond acceptors (Lipinski definition) is 1. The van der Waals surface area contributed by atoms with Crippen LogP contribution in [0.25, 0.3) is 5.57 Å². The van der Waals surface area contributed by atoms with Crippen LogP contribution in [0.2, 0.25) is 0 Å². The van der Waals surface area contributed by atoms with Crippen LogP contribution >= 0.6 is 0 Å². The molecule has 0 unspecified atom stereocenters. The van der Waals surface area contributed by atoms with Gasteiger partial charge in [-0.1, -0.05) is 55.1 Å². The minimum Gasteiger partial charge on any atom is -0.352 e. The lowest BCUT2D eigenvalue weighted by molar-refractivity contribution is 0.0953. The summed E-state index contributed by atoms with van der Waals surface area (Å²) in [6, 6.07) is 19.4. The average Bonchev–Trinajstić information content (AvgIpc) is 2.53. The minimum absolute atomic E-state index is 0.0177. The third-order valence-corrected chi connectivity index (χ3v) is 3.16. The van der Waals surface area contributed by atoms with E-state index in [0.717, 1.165) is 18.4 Å². The van der Waals surface area contributed by atoms with E-state index >= 15 is 0 Å². The molecule has 0 radical (unpaired) electrons. The molecule has 0 fully saturated rings. The average molecular weight is 265 g/mol. The van der Waals surface area contributed by atoms with Crippen molar-refractivity contribution in [3.63, 3.8) is 0 Å². The fraction of sp³-hybridized carbons (Fsp3) is 0.167. The van der Waals surface area contributed by atoms with Crippen molar-refractivity contribution in [3.05, 3.63) is 78.4 Å². The maximum atomic E-state index is 11.8. The zero-order chi connectivity index (χ0) is 14.2. The molecule has 1 amide bonds. The SMILES string of the molecule is C=C(CCCNC(=O)c1ccccc1)c1ccccc1. The molecule has 2 nitrogen and oxygen atoms in total. The fourth-order valence-electron chi connectivity index (χ4n) is 2.01. The summed E-state index contributed by atoms with van der Waals surface area (Å²) in [4.78, 5) is 11.8. The Labute approximate surface area is 120 Å². The molecule has 0 bridgehead atoms. The second kappa shape index (κ2) is 7.29. The molecule has 0 heterocycles. The van der Waals surface area contributed by atoms with Gasteiger partial charge in [-0.05, 0) is 36.1 Å². The van der Waals surface area contributed by atoms with Crippen molar-refractivity contribution in [3.8, 4) is 0 Å². The van der Waals surface area contributed by atoms with Crippen molar-refractivity contribution in [2.45, 2.75) is 12.8 Å². The van der Waals surface area contributed by atoms with Crippen LogP contribution in [0.4, 0.5) is 0 Å². The number of benzene rings is 2. The number of hydrogen-bond donors (Lipinski definition) is 1. The third-order valence-electron chi connectivity index (χ3n) is 3.16. The Kier molecular flexibility index (Phi) is 5.13. The second-order valence-electron chi connectivity index (χ2n) is 4.70. The van der Waals surface area contributed by atoms with Crippen LogP contribution in [0.15, 0.2) is 67.2 Å². The number of amides is 1. The number of rotatable bonds is 6. The van der Waals surface area contributed by atoms with Crippen molar-refractivity contribution in [1.82, 2.24) is 5.32 Å². The summed E-state index contributed by atoms with van der Waals surface area (Å²) in [6.45, 7) is 4.75. The van der Waals surface area contributed by atoms with Crippen LogP contribution < -0.4 is 5.32 Å². The lowest BCUT2D eigenvalue weighted by Crippen LogP contribution is -2.24. The molecule has 0 atom stereocenters. The van der Waals surface area contributed by atoms with Gasteiger partial charge in [0.15, 0.2) is 0 Å². The highest BCUT2D eigenvalue weighted by Gasteiger charge is 2.03. The van der Waals surface area contributed by atoms with Gasteiger partial charge < -0.3 is 5.32 Å². The Balaban J connectivity index is 1.72. The van der Waals surface area contributed by atoms with Gasteiger partial charge >= 0.3 is 0 Å². The predicted molar refractivity (Wildman–Crippen MR) is 83.5 cm³/mol. The molecule has 0 aliphatic rings. The maximum absolute atomic E-state index is 11.8. The first-order valence-corrected chi connectivity index (χ1v) is 6.84. The molecule has 0 saturated carbocycles. The van der Waals surface area contributed by atoms with E-state index in [1.54, 1.807) is 0 Å². The monoisotopic (exact) mass is 265 g/mol. The first-order valence-electron chi connectivity index (χ1n) is 6.84. The minimum atomic E-state index is -0.0177. The van der Waals surface area contributed by atoms with Crippen molar-refractivity contribution in [1.29, 1.82) is 0 Å².